The van der Waals surface area contributed by atoms with E-state index in [-0.39, 0.29) is 11.9 Å². The lowest BCUT2D eigenvalue weighted by Gasteiger charge is -2.48. The monoisotopic (exact) mass is 356 g/mol. The molecule has 2 N–H and O–H groups in total. The number of rotatable bonds is 2. The fourth-order valence-electron chi connectivity index (χ4n) is 3.17. The van der Waals surface area contributed by atoms with Crippen molar-refractivity contribution in [1.29, 1.82) is 0 Å². The normalized spacial score (nSPS) is 24.2. The molecule has 0 aromatic heterocycles. The Hall–Kier alpha value is -0.580. The molecule has 2 fully saturated rings. The number of benzene rings is 1. The van der Waals surface area contributed by atoms with Crippen LogP contribution in [0.3, 0.4) is 0 Å². The van der Waals surface area contributed by atoms with Crippen molar-refractivity contribution in [2.45, 2.75) is 43.7 Å². The second kappa shape index (κ2) is 5.66. The summed E-state index contributed by atoms with van der Waals surface area (Å²) >= 11 is 9.31. The Morgan fingerprint density at radius 3 is 2.90 bits per heavy atom. The maximum atomic E-state index is 12.3. The van der Waals surface area contributed by atoms with Crippen molar-refractivity contribution in [1.82, 2.24) is 10.6 Å². The number of hydrogen-bond acceptors (Lipinski definition) is 2. The third kappa shape index (κ3) is 2.87. The fourth-order valence-corrected chi connectivity index (χ4v) is 3.67. The van der Waals surface area contributed by atoms with Gasteiger partial charge in [0, 0.05) is 21.6 Å². The van der Waals surface area contributed by atoms with Crippen LogP contribution in [-0.2, 0) is 0 Å². The molecule has 1 saturated heterocycles. The molecule has 1 heterocycles. The number of piperidine rings is 1. The molecule has 1 amide bonds. The van der Waals surface area contributed by atoms with E-state index in [0.29, 0.717) is 16.1 Å². The predicted octanol–water partition coefficient (Wildman–Crippen LogP) is 3.51. The number of halogens is 2. The Morgan fingerprint density at radius 1 is 1.45 bits per heavy atom. The molecule has 1 aromatic rings. The number of hydrogen-bond donors (Lipinski definition) is 2. The summed E-state index contributed by atoms with van der Waals surface area (Å²) in [4.78, 5) is 12.3. The SMILES string of the molecule is O=C(NC1CCNC2(CCC2)C1)c1ccc(Cl)c(Br)c1. The molecule has 0 bridgehead atoms. The van der Waals surface area contributed by atoms with E-state index in [1.165, 1.54) is 19.3 Å². The minimum absolute atomic E-state index is 0.0104. The van der Waals surface area contributed by atoms with Gasteiger partial charge in [0.15, 0.2) is 0 Å². The second-order valence-electron chi connectivity index (χ2n) is 5.85. The van der Waals surface area contributed by atoms with Gasteiger partial charge < -0.3 is 10.6 Å². The molecule has 1 aliphatic carbocycles. The number of carbonyl (C=O) groups excluding carboxylic acids is 1. The summed E-state index contributed by atoms with van der Waals surface area (Å²) in [6.07, 6.45) is 5.84. The van der Waals surface area contributed by atoms with Crippen LogP contribution in [0.1, 0.15) is 42.5 Å². The van der Waals surface area contributed by atoms with Crippen molar-refractivity contribution in [3.63, 3.8) is 0 Å². The summed E-state index contributed by atoms with van der Waals surface area (Å²) < 4.78 is 0.757. The first-order chi connectivity index (χ1) is 9.58. The van der Waals surface area contributed by atoms with Gasteiger partial charge in [-0.1, -0.05) is 11.6 Å². The molecule has 3 rings (SSSR count). The summed E-state index contributed by atoms with van der Waals surface area (Å²) in [6.45, 7) is 0.995. The van der Waals surface area contributed by atoms with Crippen molar-refractivity contribution in [3.8, 4) is 0 Å². The van der Waals surface area contributed by atoms with Gasteiger partial charge in [0.1, 0.15) is 0 Å². The number of nitrogens with one attached hydrogen (secondary N) is 2. The first-order valence-electron chi connectivity index (χ1n) is 7.09. The van der Waals surface area contributed by atoms with Gasteiger partial charge in [0.05, 0.1) is 5.02 Å². The van der Waals surface area contributed by atoms with Gasteiger partial charge in [-0.3, -0.25) is 4.79 Å². The van der Waals surface area contributed by atoms with Gasteiger partial charge in [0.25, 0.3) is 5.91 Å². The van der Waals surface area contributed by atoms with Crippen molar-refractivity contribution in [2.75, 3.05) is 6.54 Å². The Morgan fingerprint density at radius 2 is 2.25 bits per heavy atom. The van der Waals surface area contributed by atoms with Gasteiger partial charge in [-0.15, -0.1) is 0 Å². The lowest BCUT2D eigenvalue weighted by atomic mass is 9.70. The molecule has 20 heavy (non-hydrogen) atoms. The fraction of sp³-hybridized carbons (Fsp3) is 0.533. The highest BCUT2D eigenvalue weighted by Crippen LogP contribution is 2.38. The molecule has 1 spiro atoms. The molecule has 2 aliphatic rings. The third-order valence-corrected chi connectivity index (χ3v) is 5.67. The van der Waals surface area contributed by atoms with Crippen molar-refractivity contribution >= 4 is 33.4 Å². The minimum Gasteiger partial charge on any atom is -0.349 e. The highest BCUT2D eigenvalue weighted by atomic mass is 79.9. The van der Waals surface area contributed by atoms with Crippen LogP contribution in [-0.4, -0.2) is 24.0 Å². The lowest BCUT2D eigenvalue weighted by molar-refractivity contribution is 0.0853. The largest absolute Gasteiger partial charge is 0.349 e. The van der Waals surface area contributed by atoms with E-state index in [2.05, 4.69) is 26.6 Å². The second-order valence-corrected chi connectivity index (χ2v) is 7.11. The van der Waals surface area contributed by atoms with Crippen LogP contribution in [0.5, 0.6) is 0 Å². The van der Waals surface area contributed by atoms with E-state index >= 15 is 0 Å². The first-order valence-corrected chi connectivity index (χ1v) is 8.26. The summed E-state index contributed by atoms with van der Waals surface area (Å²) in [5.74, 6) is -0.0104. The van der Waals surface area contributed by atoms with E-state index in [4.69, 9.17) is 11.6 Å². The molecular weight excluding hydrogens is 340 g/mol. The molecule has 1 saturated carbocycles. The van der Waals surface area contributed by atoms with Gasteiger partial charge in [-0.05, 0) is 72.8 Å². The maximum absolute atomic E-state index is 12.3. The number of carbonyl (C=O) groups is 1. The van der Waals surface area contributed by atoms with E-state index in [9.17, 15) is 4.79 Å². The van der Waals surface area contributed by atoms with E-state index in [1.54, 1.807) is 18.2 Å². The summed E-state index contributed by atoms with van der Waals surface area (Å²) in [5, 5.41) is 7.40. The summed E-state index contributed by atoms with van der Waals surface area (Å²) in [5.41, 5.74) is 0.957. The first kappa shape index (κ1) is 14.4. The molecule has 3 nitrogen and oxygen atoms in total. The Labute approximate surface area is 132 Å². The molecule has 1 atom stereocenters. The van der Waals surface area contributed by atoms with E-state index in [1.807, 2.05) is 0 Å². The molecule has 5 heteroatoms. The molecule has 108 valence electrons. The minimum atomic E-state index is -0.0104. The highest BCUT2D eigenvalue weighted by Gasteiger charge is 2.41. The van der Waals surface area contributed by atoms with Crippen molar-refractivity contribution in [2.24, 2.45) is 0 Å². The predicted molar refractivity (Wildman–Crippen MR) is 84.2 cm³/mol. The van der Waals surface area contributed by atoms with Crippen LogP contribution in [0.15, 0.2) is 22.7 Å². The van der Waals surface area contributed by atoms with Crippen LogP contribution in [0.4, 0.5) is 0 Å². The molecular formula is C15H18BrClN2O. The van der Waals surface area contributed by atoms with Gasteiger partial charge in [-0.2, -0.15) is 0 Å². The summed E-state index contributed by atoms with van der Waals surface area (Å²) in [6, 6.07) is 5.56. The standard InChI is InChI=1S/C15H18BrClN2O/c16-12-8-10(2-3-13(12)17)14(20)19-11-4-7-18-15(9-11)5-1-6-15/h2-3,8,11,18H,1,4-7,9H2,(H,19,20). The molecule has 0 radical (unpaired) electrons. The molecule has 1 aromatic carbocycles. The van der Waals surface area contributed by atoms with Crippen molar-refractivity contribution < 1.29 is 4.79 Å². The van der Waals surface area contributed by atoms with Gasteiger partial charge >= 0.3 is 0 Å². The zero-order valence-electron chi connectivity index (χ0n) is 11.2. The Balaban J connectivity index is 1.64. The quantitative estimate of drug-likeness (QED) is 0.850. The van der Waals surface area contributed by atoms with Crippen LogP contribution >= 0.6 is 27.5 Å². The highest BCUT2D eigenvalue weighted by molar-refractivity contribution is 9.10. The van der Waals surface area contributed by atoms with Crippen LogP contribution in [0.25, 0.3) is 0 Å². The lowest BCUT2D eigenvalue weighted by Crippen LogP contribution is -2.59. The Kier molecular flexibility index (Phi) is 4.07. The van der Waals surface area contributed by atoms with Crippen LogP contribution < -0.4 is 10.6 Å². The van der Waals surface area contributed by atoms with Crippen molar-refractivity contribution in [3.05, 3.63) is 33.3 Å². The van der Waals surface area contributed by atoms with Crippen LogP contribution in [0.2, 0.25) is 5.02 Å². The van der Waals surface area contributed by atoms with Crippen LogP contribution in [0, 0.1) is 0 Å². The van der Waals surface area contributed by atoms with Gasteiger partial charge in [-0.25, -0.2) is 0 Å². The molecule has 1 unspecified atom stereocenters. The zero-order valence-corrected chi connectivity index (χ0v) is 13.6. The molecule has 1 aliphatic heterocycles. The van der Waals surface area contributed by atoms with E-state index < -0.39 is 0 Å². The van der Waals surface area contributed by atoms with Gasteiger partial charge in [0.2, 0.25) is 0 Å². The van der Waals surface area contributed by atoms with E-state index in [0.717, 1.165) is 23.9 Å². The summed E-state index contributed by atoms with van der Waals surface area (Å²) in [7, 11) is 0. The smallest absolute Gasteiger partial charge is 0.251 e. The topological polar surface area (TPSA) is 41.1 Å². The number of amides is 1. The Bertz CT molecular complexity index is 531. The zero-order chi connectivity index (χ0) is 14.2. The average Bonchev–Trinajstić information content (AvgIpc) is 2.40. The third-order valence-electron chi connectivity index (χ3n) is 4.46. The maximum Gasteiger partial charge on any atom is 0.251 e. The average molecular weight is 358 g/mol.